The Morgan fingerprint density at radius 1 is 0.605 bits per heavy atom. The molecule has 0 aliphatic carbocycles. The van der Waals surface area contributed by atoms with Gasteiger partial charge in [-0.15, -0.1) is 0 Å². The molecule has 38 heavy (non-hydrogen) atoms. The second-order valence-corrected chi connectivity index (χ2v) is 8.72. The molecule has 0 atom stereocenters. The molecule has 0 saturated heterocycles. The minimum atomic E-state index is -0.255. The number of hydrogen-bond donors (Lipinski definition) is 0. The highest BCUT2D eigenvalue weighted by Gasteiger charge is 2.16. The molecule has 0 amide bonds. The maximum absolute atomic E-state index is 13.6. The lowest BCUT2D eigenvalue weighted by Crippen LogP contribution is -2.13. The summed E-state index contributed by atoms with van der Waals surface area (Å²) in [6.07, 6.45) is 2.28. The Morgan fingerprint density at radius 2 is 0.974 bits per heavy atom. The lowest BCUT2D eigenvalue weighted by molar-refractivity contribution is 0.993. The zero-order valence-corrected chi connectivity index (χ0v) is 20.3. The fourth-order valence-electron chi connectivity index (χ4n) is 4.89. The van der Waals surface area contributed by atoms with Crippen LogP contribution in [-0.4, -0.2) is 9.13 Å². The fourth-order valence-corrected chi connectivity index (χ4v) is 4.89. The van der Waals surface area contributed by atoms with Crippen molar-refractivity contribution in [3.8, 4) is 24.3 Å². The molecule has 0 N–H and O–H groups in total. The summed E-state index contributed by atoms with van der Waals surface area (Å²) in [6.45, 7) is 0. The van der Waals surface area contributed by atoms with E-state index in [0.717, 1.165) is 12.2 Å². The summed E-state index contributed by atoms with van der Waals surface area (Å²) >= 11 is 0. The summed E-state index contributed by atoms with van der Waals surface area (Å²) < 4.78 is 3.64. The number of rotatable bonds is 2. The maximum Gasteiger partial charge on any atom is 0.197 e. The molecule has 5 rings (SSSR count). The number of hydrogen-bond acceptors (Lipinski definition) is 6. The van der Waals surface area contributed by atoms with Crippen LogP contribution in [0.5, 0.6) is 0 Å². The van der Waals surface area contributed by atoms with E-state index in [2.05, 4.69) is 0 Å². The third kappa shape index (κ3) is 3.42. The lowest BCUT2D eigenvalue weighted by Gasteiger charge is -2.15. The highest BCUT2D eigenvalue weighted by atomic mass is 16.1. The first-order valence-corrected chi connectivity index (χ1v) is 11.4. The van der Waals surface area contributed by atoms with Crippen LogP contribution < -0.4 is 10.9 Å². The Morgan fingerprint density at radius 3 is 1.32 bits per heavy atom. The lowest BCUT2D eigenvalue weighted by atomic mass is 9.99. The second kappa shape index (κ2) is 8.92. The van der Waals surface area contributed by atoms with E-state index in [9.17, 15) is 20.1 Å². The Kier molecular flexibility index (Phi) is 5.58. The van der Waals surface area contributed by atoms with Crippen molar-refractivity contribution in [1.82, 2.24) is 9.13 Å². The van der Waals surface area contributed by atoms with Crippen molar-refractivity contribution in [2.75, 3.05) is 0 Å². The number of aromatic nitrogens is 2. The molecule has 0 bridgehead atoms. The summed E-state index contributed by atoms with van der Waals surface area (Å²) in [5.74, 6) is 0. The van der Waals surface area contributed by atoms with Gasteiger partial charge in [-0.05, 0) is 47.5 Å². The molecular weight excluding hydrogens is 476 g/mol. The summed E-state index contributed by atoms with van der Waals surface area (Å²) in [4.78, 5) is 27.3. The molecule has 0 aliphatic rings. The van der Waals surface area contributed by atoms with Crippen LogP contribution in [0.4, 0.5) is 0 Å². The van der Waals surface area contributed by atoms with Gasteiger partial charge in [-0.3, -0.25) is 9.59 Å². The Bertz CT molecular complexity index is 2080. The molecule has 0 spiro atoms. The van der Waals surface area contributed by atoms with Gasteiger partial charge in [-0.25, -0.2) is 0 Å². The summed E-state index contributed by atoms with van der Waals surface area (Å²) in [7, 11) is 3.59. The van der Waals surface area contributed by atoms with E-state index in [0.29, 0.717) is 54.7 Å². The summed E-state index contributed by atoms with van der Waals surface area (Å²) in [5.41, 5.74) is 3.09. The zero-order chi connectivity index (χ0) is 27.1. The number of allylic oxidation sites excluding steroid dienone is 4. The predicted octanol–water partition coefficient (Wildman–Crippen LogP) is 4.56. The smallest absolute Gasteiger partial charge is 0.197 e. The number of aryl methyl sites for hydroxylation is 2. The first-order valence-electron chi connectivity index (χ1n) is 11.4. The third-order valence-electron chi connectivity index (χ3n) is 6.81. The number of benzene rings is 3. The van der Waals surface area contributed by atoms with Crippen LogP contribution in [0.15, 0.2) is 70.3 Å². The number of pyridine rings is 2. The van der Waals surface area contributed by atoms with E-state index < -0.39 is 0 Å². The minimum absolute atomic E-state index is 0.160. The van der Waals surface area contributed by atoms with Crippen LogP contribution in [0.3, 0.4) is 0 Å². The van der Waals surface area contributed by atoms with Crippen molar-refractivity contribution < 1.29 is 0 Å². The second-order valence-electron chi connectivity index (χ2n) is 8.72. The Hall–Kier alpha value is -5.96. The van der Waals surface area contributed by atoms with Gasteiger partial charge in [0.05, 0.1) is 45.4 Å². The molecular formula is C30H16N6O2. The molecule has 8 heteroatoms. The van der Waals surface area contributed by atoms with Crippen LogP contribution in [0.25, 0.3) is 54.8 Å². The van der Waals surface area contributed by atoms with Gasteiger partial charge in [0.2, 0.25) is 0 Å². The van der Waals surface area contributed by atoms with E-state index in [1.807, 2.05) is 33.4 Å². The Labute approximate surface area is 215 Å². The molecule has 178 valence electrons. The zero-order valence-electron chi connectivity index (χ0n) is 20.3. The predicted molar refractivity (Wildman–Crippen MR) is 145 cm³/mol. The fraction of sp³-hybridized carbons (Fsp3) is 0.0667. The van der Waals surface area contributed by atoms with E-state index in [1.54, 1.807) is 62.6 Å². The van der Waals surface area contributed by atoms with Gasteiger partial charge >= 0.3 is 0 Å². The van der Waals surface area contributed by atoms with Crippen molar-refractivity contribution in [2.24, 2.45) is 14.1 Å². The van der Waals surface area contributed by atoms with Crippen molar-refractivity contribution in [1.29, 1.82) is 21.0 Å². The molecule has 0 saturated carbocycles. The van der Waals surface area contributed by atoms with Crippen LogP contribution in [0, 0.1) is 45.3 Å². The van der Waals surface area contributed by atoms with Crippen LogP contribution >= 0.6 is 0 Å². The van der Waals surface area contributed by atoms with Gasteiger partial charge in [0.15, 0.2) is 10.9 Å². The number of nitrogens with zero attached hydrogens (tertiary/aromatic N) is 6. The van der Waals surface area contributed by atoms with E-state index in [4.69, 9.17) is 10.5 Å². The highest BCUT2D eigenvalue weighted by molar-refractivity contribution is 6.04. The molecule has 0 fully saturated rings. The van der Waals surface area contributed by atoms with Crippen LogP contribution in [-0.2, 0) is 14.1 Å². The SMILES string of the molecule is Cn1c2ccc(/C(C#N)=C/C#N)cc2c(=O)c2cc3c(cc21)c(=O)c1cc(/C(C#N)=C/C#N)ccc1n3C. The normalized spacial score (nSPS) is 11.8. The monoisotopic (exact) mass is 492 g/mol. The van der Waals surface area contributed by atoms with Gasteiger partial charge in [-0.2, -0.15) is 21.0 Å². The molecule has 8 nitrogen and oxygen atoms in total. The third-order valence-corrected chi connectivity index (χ3v) is 6.81. The number of fused-ring (bicyclic) bond motifs is 4. The van der Waals surface area contributed by atoms with Crippen LogP contribution in [0.1, 0.15) is 11.1 Å². The van der Waals surface area contributed by atoms with Crippen molar-refractivity contribution in [3.05, 3.63) is 92.3 Å². The van der Waals surface area contributed by atoms with Gasteiger partial charge in [0.1, 0.15) is 12.1 Å². The van der Waals surface area contributed by atoms with E-state index >= 15 is 0 Å². The molecule has 3 aromatic carbocycles. The average molecular weight is 492 g/mol. The standard InChI is InChI=1S/C30H16N6O2/c1-35-25-5-3-17(19(15-33)7-9-31)11-21(25)29(37)23-14-28-24(13-27(23)35)30(38)22-12-18(20(16-34)8-10-32)4-6-26(22)36(28)2/h3-8,11-14H,1-2H3/b19-7+,20-8+. The summed E-state index contributed by atoms with van der Waals surface area (Å²) in [5, 5.41) is 38.4. The van der Waals surface area contributed by atoms with Crippen molar-refractivity contribution in [2.45, 2.75) is 0 Å². The molecule has 0 radical (unpaired) electrons. The van der Waals surface area contributed by atoms with Crippen molar-refractivity contribution in [3.63, 3.8) is 0 Å². The van der Waals surface area contributed by atoms with Gasteiger partial charge in [-0.1, -0.05) is 12.1 Å². The Balaban J connectivity index is 1.89. The first-order chi connectivity index (χ1) is 18.3. The minimum Gasteiger partial charge on any atom is -0.343 e. The highest BCUT2D eigenvalue weighted by Crippen LogP contribution is 2.27. The van der Waals surface area contributed by atoms with Crippen molar-refractivity contribution >= 4 is 54.8 Å². The molecule has 2 aromatic heterocycles. The molecule has 0 unspecified atom stereocenters. The van der Waals surface area contributed by atoms with E-state index in [-0.39, 0.29) is 22.0 Å². The molecule has 0 aliphatic heterocycles. The number of nitriles is 4. The topological polar surface area (TPSA) is 139 Å². The molecule has 2 heterocycles. The van der Waals surface area contributed by atoms with Gasteiger partial charge in [0, 0.05) is 47.8 Å². The van der Waals surface area contributed by atoms with Gasteiger partial charge < -0.3 is 9.13 Å². The quantitative estimate of drug-likeness (QED) is 0.261. The average Bonchev–Trinajstić information content (AvgIpc) is 2.95. The first kappa shape index (κ1) is 23.8. The van der Waals surface area contributed by atoms with Crippen LogP contribution in [0.2, 0.25) is 0 Å². The molecule has 5 aromatic rings. The largest absolute Gasteiger partial charge is 0.343 e. The van der Waals surface area contributed by atoms with E-state index in [1.165, 1.54) is 0 Å². The van der Waals surface area contributed by atoms with Gasteiger partial charge in [0.25, 0.3) is 0 Å². The maximum atomic E-state index is 13.6. The summed E-state index contributed by atoms with van der Waals surface area (Å²) in [6, 6.07) is 21.1.